The molecule has 0 fully saturated rings. The molecule has 2 aromatic heterocycles. The Morgan fingerprint density at radius 2 is 2.24 bits per heavy atom. The molecule has 0 aromatic carbocycles. The van der Waals surface area contributed by atoms with E-state index in [2.05, 4.69) is 26.9 Å². The van der Waals surface area contributed by atoms with Crippen LogP contribution in [0.1, 0.15) is 30.0 Å². The molecule has 90 valence electrons. The van der Waals surface area contributed by atoms with Crippen LogP contribution in [0.2, 0.25) is 0 Å². The van der Waals surface area contributed by atoms with E-state index in [0.29, 0.717) is 0 Å². The van der Waals surface area contributed by atoms with Crippen molar-refractivity contribution in [2.75, 3.05) is 0 Å². The van der Waals surface area contributed by atoms with Gasteiger partial charge in [0.05, 0.1) is 5.69 Å². The van der Waals surface area contributed by atoms with Crippen molar-refractivity contribution in [2.45, 2.75) is 26.4 Å². The van der Waals surface area contributed by atoms with E-state index in [9.17, 15) is 0 Å². The summed E-state index contributed by atoms with van der Waals surface area (Å²) in [5, 5.41) is 0. The Morgan fingerprint density at radius 3 is 2.88 bits per heavy atom. The van der Waals surface area contributed by atoms with Gasteiger partial charge in [0.2, 0.25) is 0 Å². The second kappa shape index (κ2) is 5.07. The van der Waals surface area contributed by atoms with E-state index in [1.807, 2.05) is 25.3 Å². The molecule has 0 aliphatic carbocycles. The van der Waals surface area contributed by atoms with Gasteiger partial charge in [-0.1, -0.05) is 6.07 Å². The molecule has 0 amide bonds. The van der Waals surface area contributed by atoms with Gasteiger partial charge in [-0.2, -0.15) is 0 Å². The topological polar surface area (TPSA) is 68.8 Å². The van der Waals surface area contributed by atoms with E-state index < -0.39 is 0 Å². The van der Waals surface area contributed by atoms with Crippen LogP contribution >= 0.6 is 0 Å². The molecule has 0 saturated carbocycles. The van der Waals surface area contributed by atoms with E-state index in [1.165, 1.54) is 0 Å². The van der Waals surface area contributed by atoms with Gasteiger partial charge in [0.15, 0.2) is 0 Å². The first-order valence-electron chi connectivity index (χ1n) is 5.66. The Balaban J connectivity index is 2.44. The first-order chi connectivity index (χ1) is 8.27. The molecule has 1 unspecified atom stereocenters. The molecule has 17 heavy (non-hydrogen) atoms. The maximum atomic E-state index is 5.65. The van der Waals surface area contributed by atoms with Crippen LogP contribution in [0.3, 0.4) is 0 Å². The average molecular weight is 231 g/mol. The summed E-state index contributed by atoms with van der Waals surface area (Å²) in [6.45, 7) is 4.95. The number of aryl methyl sites for hydroxylation is 2. The van der Waals surface area contributed by atoms with Gasteiger partial charge < -0.3 is 4.57 Å². The van der Waals surface area contributed by atoms with Gasteiger partial charge in [0, 0.05) is 25.1 Å². The SMILES string of the molecule is CCn1ccnc1C(NN)c1ncccc1C. The zero-order chi connectivity index (χ0) is 12.3. The molecule has 1 atom stereocenters. The molecule has 2 rings (SSSR count). The first-order valence-corrected chi connectivity index (χ1v) is 5.66. The van der Waals surface area contributed by atoms with Crippen molar-refractivity contribution in [3.63, 3.8) is 0 Å². The number of rotatable bonds is 4. The summed E-state index contributed by atoms with van der Waals surface area (Å²) in [6, 6.07) is 3.76. The average Bonchev–Trinajstić information content (AvgIpc) is 2.81. The van der Waals surface area contributed by atoms with Crippen molar-refractivity contribution < 1.29 is 0 Å². The van der Waals surface area contributed by atoms with Crippen LogP contribution in [0.25, 0.3) is 0 Å². The summed E-state index contributed by atoms with van der Waals surface area (Å²) in [7, 11) is 0. The number of aromatic nitrogens is 3. The third-order valence-corrected chi connectivity index (χ3v) is 2.84. The highest BCUT2D eigenvalue weighted by atomic mass is 15.3. The summed E-state index contributed by atoms with van der Waals surface area (Å²) in [4.78, 5) is 8.74. The van der Waals surface area contributed by atoms with Crippen LogP contribution in [0, 0.1) is 6.92 Å². The molecule has 0 bridgehead atoms. The number of hydrazine groups is 1. The van der Waals surface area contributed by atoms with Crippen molar-refractivity contribution in [2.24, 2.45) is 5.84 Å². The zero-order valence-corrected chi connectivity index (χ0v) is 10.1. The maximum absolute atomic E-state index is 5.65. The summed E-state index contributed by atoms with van der Waals surface area (Å²) in [6.07, 6.45) is 5.49. The lowest BCUT2D eigenvalue weighted by atomic mass is 10.1. The number of nitrogens with one attached hydrogen (secondary N) is 1. The molecule has 0 spiro atoms. The van der Waals surface area contributed by atoms with Crippen molar-refractivity contribution in [3.05, 3.63) is 47.8 Å². The van der Waals surface area contributed by atoms with Crippen molar-refractivity contribution in [1.29, 1.82) is 0 Å². The molecule has 0 aliphatic rings. The Bertz CT molecular complexity index is 491. The second-order valence-corrected chi connectivity index (χ2v) is 3.88. The van der Waals surface area contributed by atoms with Crippen LogP contribution < -0.4 is 11.3 Å². The van der Waals surface area contributed by atoms with Gasteiger partial charge in [0.1, 0.15) is 11.9 Å². The predicted molar refractivity (Wildman–Crippen MR) is 66.0 cm³/mol. The number of nitrogens with two attached hydrogens (primary N) is 1. The summed E-state index contributed by atoms with van der Waals surface area (Å²) >= 11 is 0. The fourth-order valence-electron chi connectivity index (χ4n) is 1.92. The lowest BCUT2D eigenvalue weighted by Crippen LogP contribution is -2.32. The van der Waals surface area contributed by atoms with E-state index in [4.69, 9.17) is 5.84 Å². The van der Waals surface area contributed by atoms with Gasteiger partial charge in [-0.25, -0.2) is 10.4 Å². The molecule has 2 heterocycles. The summed E-state index contributed by atoms with van der Waals surface area (Å²) < 4.78 is 2.05. The fourth-order valence-corrected chi connectivity index (χ4v) is 1.92. The molecule has 2 aromatic rings. The number of hydrogen-bond donors (Lipinski definition) is 2. The fraction of sp³-hybridized carbons (Fsp3) is 0.333. The normalized spacial score (nSPS) is 12.6. The molecular weight excluding hydrogens is 214 g/mol. The minimum atomic E-state index is -0.175. The van der Waals surface area contributed by atoms with Crippen LogP contribution in [-0.2, 0) is 6.54 Å². The zero-order valence-electron chi connectivity index (χ0n) is 10.1. The minimum absolute atomic E-state index is 0.175. The van der Waals surface area contributed by atoms with E-state index in [-0.39, 0.29) is 6.04 Å². The van der Waals surface area contributed by atoms with Crippen molar-refractivity contribution in [3.8, 4) is 0 Å². The Hall–Kier alpha value is -1.72. The Morgan fingerprint density at radius 1 is 1.41 bits per heavy atom. The maximum Gasteiger partial charge on any atom is 0.133 e. The van der Waals surface area contributed by atoms with Crippen LogP contribution in [0.15, 0.2) is 30.7 Å². The predicted octanol–water partition coefficient (Wildman–Crippen LogP) is 1.16. The Kier molecular flexibility index (Phi) is 3.51. The monoisotopic (exact) mass is 231 g/mol. The van der Waals surface area contributed by atoms with Crippen molar-refractivity contribution in [1.82, 2.24) is 20.0 Å². The molecule has 0 aliphatic heterocycles. The third kappa shape index (κ3) is 2.20. The lowest BCUT2D eigenvalue weighted by molar-refractivity contribution is 0.548. The highest BCUT2D eigenvalue weighted by Crippen LogP contribution is 2.20. The number of hydrogen-bond acceptors (Lipinski definition) is 4. The molecule has 5 heteroatoms. The third-order valence-electron chi connectivity index (χ3n) is 2.84. The number of imidazole rings is 1. The molecule has 5 nitrogen and oxygen atoms in total. The molecular formula is C12H17N5. The van der Waals surface area contributed by atoms with Crippen LogP contribution in [0.4, 0.5) is 0 Å². The van der Waals surface area contributed by atoms with E-state index >= 15 is 0 Å². The highest BCUT2D eigenvalue weighted by Gasteiger charge is 2.20. The molecule has 0 radical (unpaired) electrons. The summed E-state index contributed by atoms with van der Waals surface area (Å²) in [5.74, 6) is 6.53. The van der Waals surface area contributed by atoms with Crippen LogP contribution in [-0.4, -0.2) is 14.5 Å². The largest absolute Gasteiger partial charge is 0.334 e. The van der Waals surface area contributed by atoms with E-state index in [1.54, 1.807) is 12.4 Å². The Labute approximate surface area is 101 Å². The number of nitrogens with zero attached hydrogens (tertiary/aromatic N) is 3. The first kappa shape index (κ1) is 11.8. The highest BCUT2D eigenvalue weighted by molar-refractivity contribution is 5.26. The lowest BCUT2D eigenvalue weighted by Gasteiger charge is -2.17. The van der Waals surface area contributed by atoms with Crippen molar-refractivity contribution >= 4 is 0 Å². The van der Waals surface area contributed by atoms with Gasteiger partial charge in [-0.15, -0.1) is 0 Å². The molecule has 3 N–H and O–H groups in total. The summed E-state index contributed by atoms with van der Waals surface area (Å²) in [5.41, 5.74) is 4.80. The minimum Gasteiger partial charge on any atom is -0.334 e. The van der Waals surface area contributed by atoms with Gasteiger partial charge in [0.25, 0.3) is 0 Å². The van der Waals surface area contributed by atoms with Gasteiger partial charge >= 0.3 is 0 Å². The number of pyridine rings is 1. The second-order valence-electron chi connectivity index (χ2n) is 3.88. The van der Waals surface area contributed by atoms with E-state index in [0.717, 1.165) is 23.6 Å². The molecule has 0 saturated heterocycles. The quantitative estimate of drug-likeness (QED) is 0.612. The standard InChI is InChI=1S/C12H17N5/c1-3-17-8-7-15-12(17)11(16-13)10-9(2)5-4-6-14-10/h4-8,11,16H,3,13H2,1-2H3. The van der Waals surface area contributed by atoms with Crippen LogP contribution in [0.5, 0.6) is 0 Å². The smallest absolute Gasteiger partial charge is 0.133 e. The van der Waals surface area contributed by atoms with Gasteiger partial charge in [-0.05, 0) is 25.5 Å². The van der Waals surface area contributed by atoms with Gasteiger partial charge in [-0.3, -0.25) is 10.8 Å².